The number of hydrogen-bond donors (Lipinski definition) is 0. The van der Waals surface area contributed by atoms with E-state index in [1.54, 1.807) is 0 Å². The van der Waals surface area contributed by atoms with E-state index in [0.29, 0.717) is 6.04 Å². The highest BCUT2D eigenvalue weighted by Crippen LogP contribution is 2.31. The Bertz CT molecular complexity index is 824. The van der Waals surface area contributed by atoms with Crippen LogP contribution in [0.1, 0.15) is 25.3 Å². The van der Waals surface area contributed by atoms with E-state index in [1.807, 2.05) is 17.1 Å². The number of aromatic nitrogens is 3. The highest BCUT2D eigenvalue weighted by molar-refractivity contribution is 5.89. The highest BCUT2D eigenvalue weighted by Gasteiger charge is 2.24. The first-order valence-electron chi connectivity index (χ1n) is 9.05. The summed E-state index contributed by atoms with van der Waals surface area (Å²) in [6, 6.07) is 13.3. The molecule has 1 fully saturated rings. The van der Waals surface area contributed by atoms with Crippen molar-refractivity contribution in [2.45, 2.75) is 38.9 Å². The van der Waals surface area contributed by atoms with Crippen LogP contribution >= 0.6 is 0 Å². The molecule has 1 saturated heterocycles. The van der Waals surface area contributed by atoms with Crippen LogP contribution in [0.4, 0.5) is 5.69 Å². The molecule has 0 aliphatic carbocycles. The Morgan fingerprint density at radius 3 is 2.72 bits per heavy atom. The lowest BCUT2D eigenvalue weighted by Crippen LogP contribution is -2.39. The molecule has 5 nitrogen and oxygen atoms in total. The van der Waals surface area contributed by atoms with Crippen molar-refractivity contribution in [3.63, 3.8) is 0 Å². The molecule has 0 saturated carbocycles. The second kappa shape index (κ2) is 7.23. The molecular formula is C20H24N4O. The number of rotatable bonds is 5. The summed E-state index contributed by atoms with van der Waals surface area (Å²) in [5, 5.41) is 5.64. The van der Waals surface area contributed by atoms with Crippen molar-refractivity contribution in [2.75, 3.05) is 18.1 Å². The smallest absolute Gasteiger partial charge is 0.159 e. The third kappa shape index (κ3) is 3.24. The molecular weight excluding hydrogens is 312 g/mol. The molecule has 1 aromatic carbocycles. The quantitative estimate of drug-likeness (QED) is 0.713. The zero-order valence-electron chi connectivity index (χ0n) is 14.6. The van der Waals surface area contributed by atoms with Crippen molar-refractivity contribution in [3.05, 3.63) is 54.4 Å². The third-order valence-electron chi connectivity index (χ3n) is 4.95. The van der Waals surface area contributed by atoms with Gasteiger partial charge in [-0.05, 0) is 31.4 Å². The van der Waals surface area contributed by atoms with E-state index in [2.05, 4.69) is 58.3 Å². The van der Waals surface area contributed by atoms with Crippen LogP contribution in [0.15, 0.2) is 48.8 Å². The maximum absolute atomic E-state index is 5.59. The number of pyridine rings is 1. The van der Waals surface area contributed by atoms with Crippen molar-refractivity contribution in [3.8, 4) is 0 Å². The monoisotopic (exact) mass is 336 g/mol. The molecule has 0 bridgehead atoms. The standard InChI is InChI=1S/C20H24N4O/c1-2-24-20-18(14-22-24)19(8-11-21-20)23(17-9-12-25-13-10-17)15-16-6-4-3-5-7-16/h3-8,11,14,17H,2,9-10,12-13,15H2,1H3. The summed E-state index contributed by atoms with van der Waals surface area (Å²) in [5.74, 6) is 0. The summed E-state index contributed by atoms with van der Waals surface area (Å²) in [5.41, 5.74) is 3.51. The van der Waals surface area contributed by atoms with Crippen LogP contribution in [0.2, 0.25) is 0 Å². The maximum atomic E-state index is 5.59. The fourth-order valence-corrected chi connectivity index (χ4v) is 3.63. The van der Waals surface area contributed by atoms with Gasteiger partial charge in [-0.15, -0.1) is 0 Å². The Labute approximate surface area is 148 Å². The lowest BCUT2D eigenvalue weighted by molar-refractivity contribution is 0.0841. The van der Waals surface area contributed by atoms with Gasteiger partial charge in [-0.3, -0.25) is 0 Å². The molecule has 5 heteroatoms. The van der Waals surface area contributed by atoms with Crippen molar-refractivity contribution in [2.24, 2.45) is 0 Å². The van der Waals surface area contributed by atoms with E-state index >= 15 is 0 Å². The molecule has 0 unspecified atom stereocenters. The predicted molar refractivity (Wildman–Crippen MR) is 99.7 cm³/mol. The summed E-state index contributed by atoms with van der Waals surface area (Å²) in [6.45, 7) is 5.48. The van der Waals surface area contributed by atoms with Gasteiger partial charge in [-0.2, -0.15) is 5.10 Å². The Hall–Kier alpha value is -2.40. The number of fused-ring (bicyclic) bond motifs is 1. The third-order valence-corrected chi connectivity index (χ3v) is 4.95. The first-order valence-corrected chi connectivity index (χ1v) is 9.05. The van der Waals surface area contributed by atoms with E-state index in [0.717, 1.165) is 50.2 Å². The summed E-state index contributed by atoms with van der Waals surface area (Å²) < 4.78 is 7.55. The van der Waals surface area contributed by atoms with Gasteiger partial charge in [0.15, 0.2) is 5.65 Å². The van der Waals surface area contributed by atoms with Gasteiger partial charge < -0.3 is 9.64 Å². The van der Waals surface area contributed by atoms with Gasteiger partial charge in [0.1, 0.15) is 0 Å². The first-order chi connectivity index (χ1) is 12.4. The lowest BCUT2D eigenvalue weighted by Gasteiger charge is -2.36. The average molecular weight is 336 g/mol. The van der Waals surface area contributed by atoms with Gasteiger partial charge in [0.2, 0.25) is 0 Å². The lowest BCUT2D eigenvalue weighted by atomic mass is 10.0. The van der Waals surface area contributed by atoms with E-state index in [9.17, 15) is 0 Å². The number of hydrogen-bond acceptors (Lipinski definition) is 4. The zero-order valence-corrected chi connectivity index (χ0v) is 14.6. The van der Waals surface area contributed by atoms with Crippen LogP contribution < -0.4 is 4.90 Å². The first kappa shape index (κ1) is 16.1. The second-order valence-electron chi connectivity index (χ2n) is 6.48. The fraction of sp³-hybridized carbons (Fsp3) is 0.400. The van der Waals surface area contributed by atoms with Gasteiger partial charge in [0.25, 0.3) is 0 Å². The van der Waals surface area contributed by atoms with Crippen molar-refractivity contribution in [1.82, 2.24) is 14.8 Å². The van der Waals surface area contributed by atoms with Crippen molar-refractivity contribution in [1.29, 1.82) is 0 Å². The minimum atomic E-state index is 0.476. The van der Waals surface area contributed by atoms with Crippen molar-refractivity contribution < 1.29 is 4.74 Å². The predicted octanol–water partition coefficient (Wildman–Crippen LogP) is 3.64. The van der Waals surface area contributed by atoms with Crippen LogP contribution in [-0.2, 0) is 17.8 Å². The van der Waals surface area contributed by atoms with Gasteiger partial charge in [0.05, 0.1) is 17.3 Å². The normalized spacial score (nSPS) is 15.6. The minimum Gasteiger partial charge on any atom is -0.381 e. The molecule has 0 amide bonds. The highest BCUT2D eigenvalue weighted by atomic mass is 16.5. The van der Waals surface area contributed by atoms with Crippen LogP contribution in [0.5, 0.6) is 0 Å². The largest absolute Gasteiger partial charge is 0.381 e. The number of aryl methyl sites for hydroxylation is 1. The number of nitrogens with zero attached hydrogens (tertiary/aromatic N) is 4. The van der Waals surface area contributed by atoms with E-state index in [4.69, 9.17) is 4.74 Å². The Morgan fingerprint density at radius 1 is 1.16 bits per heavy atom. The SMILES string of the molecule is CCn1ncc2c(N(Cc3ccccc3)C3CCOCC3)ccnc21. The summed E-state index contributed by atoms with van der Waals surface area (Å²) in [4.78, 5) is 7.07. The Balaban J connectivity index is 1.76. The maximum Gasteiger partial charge on any atom is 0.159 e. The van der Waals surface area contributed by atoms with Gasteiger partial charge >= 0.3 is 0 Å². The van der Waals surface area contributed by atoms with Gasteiger partial charge in [-0.1, -0.05) is 30.3 Å². The minimum absolute atomic E-state index is 0.476. The Morgan fingerprint density at radius 2 is 1.96 bits per heavy atom. The molecule has 2 aromatic heterocycles. The van der Waals surface area contributed by atoms with Gasteiger partial charge in [-0.25, -0.2) is 9.67 Å². The number of benzene rings is 1. The molecule has 3 aromatic rings. The van der Waals surface area contributed by atoms with Crippen LogP contribution in [0.25, 0.3) is 11.0 Å². The van der Waals surface area contributed by atoms with Crippen LogP contribution in [-0.4, -0.2) is 34.0 Å². The number of anilines is 1. The van der Waals surface area contributed by atoms with E-state index in [-0.39, 0.29) is 0 Å². The van der Waals surface area contributed by atoms with E-state index < -0.39 is 0 Å². The molecule has 0 N–H and O–H groups in total. The summed E-state index contributed by atoms with van der Waals surface area (Å²) in [6.07, 6.45) is 5.97. The molecule has 0 spiro atoms. The molecule has 1 aliphatic rings. The topological polar surface area (TPSA) is 43.2 Å². The van der Waals surface area contributed by atoms with Crippen LogP contribution in [0.3, 0.4) is 0 Å². The summed E-state index contributed by atoms with van der Waals surface area (Å²) >= 11 is 0. The van der Waals surface area contributed by atoms with Crippen LogP contribution in [0, 0.1) is 0 Å². The molecule has 1 aliphatic heterocycles. The van der Waals surface area contributed by atoms with E-state index in [1.165, 1.54) is 11.3 Å². The molecule has 0 radical (unpaired) electrons. The second-order valence-corrected chi connectivity index (χ2v) is 6.48. The fourth-order valence-electron chi connectivity index (χ4n) is 3.63. The average Bonchev–Trinajstić information content (AvgIpc) is 3.11. The molecule has 130 valence electrons. The Kier molecular flexibility index (Phi) is 4.65. The molecule has 4 rings (SSSR count). The molecule has 3 heterocycles. The molecule has 0 atom stereocenters. The number of ether oxygens (including phenoxy) is 1. The molecule has 25 heavy (non-hydrogen) atoms. The van der Waals surface area contributed by atoms with Gasteiger partial charge in [0, 0.05) is 38.5 Å². The summed E-state index contributed by atoms with van der Waals surface area (Å²) in [7, 11) is 0. The van der Waals surface area contributed by atoms with Crippen molar-refractivity contribution >= 4 is 16.7 Å². The zero-order chi connectivity index (χ0) is 17.1.